The summed E-state index contributed by atoms with van der Waals surface area (Å²) in [5, 5.41) is 19.7. The van der Waals surface area contributed by atoms with Gasteiger partial charge in [0.05, 0.1) is 18.1 Å². The standard InChI is InChI=1S/C15H20O7S/c1-3-8-20-15-14(17)13(16)12(22-15)9-21-23(18,19)11-6-4-10(2)5-7-11/h3-7,12-17H,1,8-9H2,2H3. The maximum atomic E-state index is 12.1. The van der Waals surface area contributed by atoms with Gasteiger partial charge in [0.15, 0.2) is 6.29 Å². The Morgan fingerprint density at radius 2 is 1.91 bits per heavy atom. The SMILES string of the molecule is C=CCOC1OC(COS(=O)(=O)c2ccc(C)cc2)C(O)C1O. The predicted octanol–water partition coefficient (Wildman–Crippen LogP) is 0.350. The topological polar surface area (TPSA) is 102 Å². The third-order valence-corrected chi connectivity index (χ3v) is 4.69. The van der Waals surface area contributed by atoms with Crippen LogP contribution in [0.15, 0.2) is 41.8 Å². The molecule has 0 spiro atoms. The molecule has 1 aromatic rings. The Kier molecular flexibility index (Phi) is 5.90. The molecule has 2 N–H and O–H groups in total. The lowest BCUT2D eigenvalue weighted by atomic mass is 10.1. The van der Waals surface area contributed by atoms with Crippen LogP contribution >= 0.6 is 0 Å². The molecule has 1 fully saturated rings. The van der Waals surface area contributed by atoms with Crippen LogP contribution in [-0.4, -0.2) is 56.4 Å². The summed E-state index contributed by atoms with van der Waals surface area (Å²) in [6, 6.07) is 6.17. The van der Waals surface area contributed by atoms with Gasteiger partial charge in [0, 0.05) is 0 Å². The molecule has 1 heterocycles. The van der Waals surface area contributed by atoms with E-state index in [4.69, 9.17) is 13.7 Å². The van der Waals surface area contributed by atoms with Crippen LogP contribution in [0.3, 0.4) is 0 Å². The molecule has 0 amide bonds. The molecule has 0 bridgehead atoms. The molecule has 7 nitrogen and oxygen atoms in total. The molecule has 1 aromatic carbocycles. The Balaban J connectivity index is 1.97. The Labute approximate surface area is 135 Å². The van der Waals surface area contributed by atoms with Crippen molar-refractivity contribution in [3.63, 3.8) is 0 Å². The maximum absolute atomic E-state index is 12.1. The third-order valence-electron chi connectivity index (χ3n) is 3.39. The van der Waals surface area contributed by atoms with Crippen LogP contribution < -0.4 is 0 Å². The average Bonchev–Trinajstić information content (AvgIpc) is 2.79. The fourth-order valence-corrected chi connectivity index (χ4v) is 3.00. The van der Waals surface area contributed by atoms with Crippen LogP contribution in [0.5, 0.6) is 0 Å². The second kappa shape index (κ2) is 7.52. The van der Waals surface area contributed by atoms with Crippen molar-refractivity contribution >= 4 is 10.1 Å². The number of rotatable bonds is 7. The highest BCUT2D eigenvalue weighted by atomic mass is 32.2. The lowest BCUT2D eigenvalue weighted by molar-refractivity contribution is -0.161. The van der Waals surface area contributed by atoms with E-state index >= 15 is 0 Å². The molecule has 0 saturated carbocycles. The minimum Gasteiger partial charge on any atom is -0.387 e. The first-order valence-corrected chi connectivity index (χ1v) is 8.46. The van der Waals surface area contributed by atoms with Gasteiger partial charge >= 0.3 is 0 Å². The molecule has 128 valence electrons. The van der Waals surface area contributed by atoms with Gasteiger partial charge in [-0.1, -0.05) is 23.8 Å². The smallest absolute Gasteiger partial charge is 0.297 e. The molecule has 2 rings (SSSR count). The van der Waals surface area contributed by atoms with E-state index in [-0.39, 0.29) is 11.5 Å². The first-order chi connectivity index (χ1) is 10.8. The Morgan fingerprint density at radius 3 is 2.52 bits per heavy atom. The van der Waals surface area contributed by atoms with Gasteiger partial charge in [-0.15, -0.1) is 6.58 Å². The number of aliphatic hydroxyl groups excluding tert-OH is 2. The van der Waals surface area contributed by atoms with E-state index < -0.39 is 41.3 Å². The summed E-state index contributed by atoms with van der Waals surface area (Å²) in [6.45, 7) is 5.00. The minimum absolute atomic E-state index is 0.00981. The molecule has 1 aliphatic rings. The summed E-state index contributed by atoms with van der Waals surface area (Å²) >= 11 is 0. The van der Waals surface area contributed by atoms with Crippen molar-refractivity contribution in [2.24, 2.45) is 0 Å². The van der Waals surface area contributed by atoms with Crippen LogP contribution in [0.4, 0.5) is 0 Å². The molecule has 8 heteroatoms. The van der Waals surface area contributed by atoms with E-state index in [2.05, 4.69) is 6.58 Å². The van der Waals surface area contributed by atoms with Gasteiger partial charge in [-0.05, 0) is 19.1 Å². The normalized spacial score (nSPS) is 28.0. The highest BCUT2D eigenvalue weighted by Crippen LogP contribution is 2.24. The molecular formula is C15H20O7S. The van der Waals surface area contributed by atoms with E-state index in [1.54, 1.807) is 12.1 Å². The molecule has 1 saturated heterocycles. The number of benzene rings is 1. The van der Waals surface area contributed by atoms with Gasteiger partial charge in [0.25, 0.3) is 10.1 Å². The molecular weight excluding hydrogens is 324 g/mol. The van der Waals surface area contributed by atoms with Crippen LogP contribution in [-0.2, 0) is 23.8 Å². The van der Waals surface area contributed by atoms with Crippen LogP contribution in [0.2, 0.25) is 0 Å². The maximum Gasteiger partial charge on any atom is 0.297 e. The lowest BCUT2D eigenvalue weighted by Crippen LogP contribution is -2.35. The number of hydrogen-bond acceptors (Lipinski definition) is 7. The number of ether oxygens (including phenoxy) is 2. The predicted molar refractivity (Wildman–Crippen MR) is 81.1 cm³/mol. The van der Waals surface area contributed by atoms with Gasteiger partial charge in [-0.25, -0.2) is 0 Å². The number of aliphatic hydroxyl groups is 2. The fourth-order valence-electron chi connectivity index (χ4n) is 2.08. The summed E-state index contributed by atoms with van der Waals surface area (Å²) in [7, 11) is -3.97. The van der Waals surface area contributed by atoms with Gasteiger partial charge in [-0.3, -0.25) is 4.18 Å². The van der Waals surface area contributed by atoms with Crippen molar-refractivity contribution in [2.45, 2.75) is 36.4 Å². The fraction of sp³-hybridized carbons (Fsp3) is 0.467. The Morgan fingerprint density at radius 1 is 1.26 bits per heavy atom. The minimum atomic E-state index is -3.97. The van der Waals surface area contributed by atoms with Gasteiger partial charge in [0.1, 0.15) is 18.3 Å². The second-order valence-corrected chi connectivity index (χ2v) is 6.81. The number of hydrogen-bond donors (Lipinski definition) is 2. The van der Waals surface area contributed by atoms with Crippen LogP contribution in [0.1, 0.15) is 5.56 Å². The Bertz CT molecular complexity index is 626. The van der Waals surface area contributed by atoms with Crippen molar-refractivity contribution < 1.29 is 32.3 Å². The molecule has 23 heavy (non-hydrogen) atoms. The van der Waals surface area contributed by atoms with Crippen molar-refractivity contribution in [3.05, 3.63) is 42.5 Å². The summed E-state index contributed by atoms with van der Waals surface area (Å²) in [5.41, 5.74) is 0.920. The zero-order valence-corrected chi connectivity index (χ0v) is 13.5. The molecule has 0 radical (unpaired) electrons. The van der Waals surface area contributed by atoms with Gasteiger partial charge < -0.3 is 19.7 Å². The first kappa shape index (κ1) is 18.1. The highest BCUT2D eigenvalue weighted by molar-refractivity contribution is 7.86. The van der Waals surface area contributed by atoms with Gasteiger partial charge in [-0.2, -0.15) is 8.42 Å². The van der Waals surface area contributed by atoms with E-state index in [1.807, 2.05) is 6.92 Å². The summed E-state index contributed by atoms with van der Waals surface area (Å²) in [4.78, 5) is 0.00981. The quantitative estimate of drug-likeness (QED) is 0.543. The van der Waals surface area contributed by atoms with E-state index in [0.717, 1.165) is 5.56 Å². The number of aryl methyl sites for hydroxylation is 1. The zero-order valence-electron chi connectivity index (χ0n) is 12.7. The average molecular weight is 344 g/mol. The zero-order chi connectivity index (χ0) is 17.0. The molecule has 0 aliphatic carbocycles. The van der Waals surface area contributed by atoms with E-state index in [0.29, 0.717) is 0 Å². The van der Waals surface area contributed by atoms with Crippen molar-refractivity contribution in [3.8, 4) is 0 Å². The Hall–Kier alpha value is -1.29. The first-order valence-electron chi connectivity index (χ1n) is 7.05. The molecule has 0 aromatic heterocycles. The third kappa shape index (κ3) is 4.37. The van der Waals surface area contributed by atoms with Crippen LogP contribution in [0.25, 0.3) is 0 Å². The van der Waals surface area contributed by atoms with Crippen LogP contribution in [0, 0.1) is 6.92 Å². The molecule has 1 aliphatic heterocycles. The highest BCUT2D eigenvalue weighted by Gasteiger charge is 2.44. The van der Waals surface area contributed by atoms with E-state index in [1.165, 1.54) is 18.2 Å². The lowest BCUT2D eigenvalue weighted by Gasteiger charge is -2.14. The van der Waals surface area contributed by atoms with Gasteiger partial charge in [0.2, 0.25) is 0 Å². The monoisotopic (exact) mass is 344 g/mol. The summed E-state index contributed by atoms with van der Waals surface area (Å²) in [6.07, 6.45) is -3.20. The second-order valence-electron chi connectivity index (χ2n) is 5.20. The van der Waals surface area contributed by atoms with Crippen molar-refractivity contribution in [1.29, 1.82) is 0 Å². The summed E-state index contributed by atoms with van der Waals surface area (Å²) in [5.74, 6) is 0. The molecule has 4 atom stereocenters. The van der Waals surface area contributed by atoms with Crippen molar-refractivity contribution in [2.75, 3.05) is 13.2 Å². The largest absolute Gasteiger partial charge is 0.387 e. The summed E-state index contributed by atoms with van der Waals surface area (Å²) < 4.78 is 39.5. The van der Waals surface area contributed by atoms with E-state index in [9.17, 15) is 18.6 Å². The molecule has 4 unspecified atom stereocenters. The van der Waals surface area contributed by atoms with Crippen molar-refractivity contribution in [1.82, 2.24) is 0 Å².